The molecule has 0 atom stereocenters. The molecule has 0 radical (unpaired) electrons. The van der Waals surface area contributed by atoms with Crippen molar-refractivity contribution in [2.45, 2.75) is 9.79 Å². The molecule has 168 valence electrons. The third-order valence-corrected chi connectivity index (χ3v) is 9.19. The zero-order valence-electron chi connectivity index (χ0n) is 19.1. The summed E-state index contributed by atoms with van der Waals surface area (Å²) in [7, 11) is 0. The van der Waals surface area contributed by atoms with Gasteiger partial charge in [0.15, 0.2) is 0 Å². The Balaban J connectivity index is 1.37. The van der Waals surface area contributed by atoms with E-state index in [2.05, 4.69) is 82.8 Å². The predicted molar refractivity (Wildman–Crippen MR) is 153 cm³/mol. The number of hydrogen-bond donors (Lipinski definition) is 0. The predicted octanol–water partition coefficient (Wildman–Crippen LogP) is 9.46. The minimum absolute atomic E-state index is 1.01. The maximum Gasteiger partial charge on any atom is 0.0702 e. The number of hydrogen-bond acceptors (Lipinski definition) is 4. The van der Waals surface area contributed by atoms with Crippen molar-refractivity contribution in [3.8, 4) is 33.6 Å². The lowest BCUT2D eigenvalue weighted by Gasteiger charge is -2.21. The minimum Gasteiger partial charge on any atom is -0.256 e. The van der Waals surface area contributed by atoms with Crippen molar-refractivity contribution in [3.63, 3.8) is 0 Å². The number of pyridine rings is 2. The second-order valence-corrected chi connectivity index (χ2v) is 11.2. The molecule has 3 aromatic heterocycles. The first-order valence-electron chi connectivity index (χ1n) is 11.9. The van der Waals surface area contributed by atoms with E-state index in [1.54, 1.807) is 0 Å². The molecule has 0 fully saturated rings. The molecule has 2 nitrogen and oxygen atoms in total. The van der Waals surface area contributed by atoms with E-state index >= 15 is 0 Å². The summed E-state index contributed by atoms with van der Waals surface area (Å²) < 4.78 is 2.63. The van der Waals surface area contributed by atoms with E-state index < -0.39 is 0 Å². The Morgan fingerprint density at radius 3 is 2.06 bits per heavy atom. The topological polar surface area (TPSA) is 25.8 Å². The lowest BCUT2D eigenvalue weighted by molar-refractivity contribution is 1.31. The monoisotopic (exact) mass is 494 g/mol. The van der Waals surface area contributed by atoms with Crippen LogP contribution < -0.4 is 0 Å². The average Bonchev–Trinajstić information content (AvgIpc) is 3.32. The highest BCUT2D eigenvalue weighted by atomic mass is 32.2. The van der Waals surface area contributed by atoms with Gasteiger partial charge in [0.2, 0.25) is 0 Å². The van der Waals surface area contributed by atoms with Gasteiger partial charge in [-0.2, -0.15) is 0 Å². The van der Waals surface area contributed by atoms with Gasteiger partial charge in [-0.05, 0) is 65.0 Å². The van der Waals surface area contributed by atoms with Crippen LogP contribution >= 0.6 is 23.1 Å². The quantitative estimate of drug-likeness (QED) is 0.239. The number of benzene rings is 4. The first kappa shape index (κ1) is 20.2. The zero-order chi connectivity index (χ0) is 23.6. The summed E-state index contributed by atoms with van der Waals surface area (Å²) in [6, 6.07) is 34.8. The summed E-state index contributed by atoms with van der Waals surface area (Å²) in [6.45, 7) is 0. The minimum atomic E-state index is 1.01. The van der Waals surface area contributed by atoms with Gasteiger partial charge < -0.3 is 0 Å². The van der Waals surface area contributed by atoms with Crippen molar-refractivity contribution in [1.29, 1.82) is 0 Å². The van der Waals surface area contributed by atoms with Crippen LogP contribution in [0, 0.1) is 0 Å². The Morgan fingerprint density at radius 2 is 1.28 bits per heavy atom. The number of nitrogens with zero attached hydrogens (tertiary/aromatic N) is 2. The molecule has 0 amide bonds. The fourth-order valence-electron chi connectivity index (χ4n) is 5.35. The van der Waals surface area contributed by atoms with E-state index in [9.17, 15) is 0 Å². The second-order valence-electron chi connectivity index (χ2n) is 9.03. The molecule has 0 unspecified atom stereocenters. The standard InChI is InChI=1S/C32H18N2S2/c1-3-14-33-25(7-1)19-10-12-21-24-18-30-31(23-6-5-9-27(32(23)24)35-28(21)16-19)22-13-11-20(17-29(22)36-30)26-8-2-4-15-34-26/h1-18H. The van der Waals surface area contributed by atoms with E-state index in [0.29, 0.717) is 0 Å². The summed E-state index contributed by atoms with van der Waals surface area (Å²) in [4.78, 5) is 11.7. The van der Waals surface area contributed by atoms with Crippen LogP contribution in [0.2, 0.25) is 0 Å². The molecule has 4 heteroatoms. The smallest absolute Gasteiger partial charge is 0.0702 e. The van der Waals surface area contributed by atoms with Crippen molar-refractivity contribution in [2.24, 2.45) is 0 Å². The normalized spacial score (nSPS) is 12.3. The highest BCUT2D eigenvalue weighted by Gasteiger charge is 2.23. The summed E-state index contributed by atoms with van der Waals surface area (Å²) in [5, 5.41) is 5.38. The summed E-state index contributed by atoms with van der Waals surface area (Å²) in [5.41, 5.74) is 6.96. The molecule has 0 aliphatic carbocycles. The van der Waals surface area contributed by atoms with Crippen molar-refractivity contribution < 1.29 is 0 Å². The number of fused-ring (bicyclic) bond motifs is 6. The third kappa shape index (κ3) is 2.98. The first-order chi connectivity index (χ1) is 17.8. The lowest BCUT2D eigenvalue weighted by atomic mass is 9.93. The Labute approximate surface area is 216 Å². The van der Waals surface area contributed by atoms with Crippen molar-refractivity contribution in [2.75, 3.05) is 0 Å². The molecule has 0 N–H and O–H groups in total. The van der Waals surface area contributed by atoms with Crippen LogP contribution in [-0.2, 0) is 0 Å². The van der Waals surface area contributed by atoms with Gasteiger partial charge in [-0.25, -0.2) is 0 Å². The van der Waals surface area contributed by atoms with E-state index in [1.165, 1.54) is 51.9 Å². The van der Waals surface area contributed by atoms with Crippen molar-refractivity contribution in [1.82, 2.24) is 9.97 Å². The average molecular weight is 495 g/mol. The van der Waals surface area contributed by atoms with E-state index in [-0.39, 0.29) is 0 Å². The van der Waals surface area contributed by atoms with Gasteiger partial charge >= 0.3 is 0 Å². The van der Waals surface area contributed by atoms with Gasteiger partial charge in [0.25, 0.3) is 0 Å². The highest BCUT2D eigenvalue weighted by molar-refractivity contribution is 7.99. The van der Waals surface area contributed by atoms with Crippen LogP contribution in [0.15, 0.2) is 119 Å². The van der Waals surface area contributed by atoms with Gasteiger partial charge in [-0.15, -0.1) is 11.3 Å². The van der Waals surface area contributed by atoms with Crippen LogP contribution in [-0.4, -0.2) is 9.97 Å². The summed E-state index contributed by atoms with van der Waals surface area (Å²) in [5.74, 6) is 0. The Morgan fingerprint density at radius 1 is 0.500 bits per heavy atom. The van der Waals surface area contributed by atoms with Gasteiger partial charge in [0.1, 0.15) is 0 Å². The van der Waals surface area contributed by atoms with E-state index in [0.717, 1.165) is 22.5 Å². The molecule has 7 aromatic rings. The highest BCUT2D eigenvalue weighted by Crippen LogP contribution is 2.52. The van der Waals surface area contributed by atoms with Crippen LogP contribution in [0.5, 0.6) is 0 Å². The maximum atomic E-state index is 4.56. The molecule has 0 bridgehead atoms. The fraction of sp³-hybridized carbons (Fsp3) is 0. The molecule has 0 saturated carbocycles. The van der Waals surface area contributed by atoms with Crippen LogP contribution in [0.25, 0.3) is 64.6 Å². The number of aromatic nitrogens is 2. The summed E-state index contributed by atoms with van der Waals surface area (Å²) in [6.07, 6.45) is 3.71. The van der Waals surface area contributed by atoms with Crippen molar-refractivity contribution in [3.05, 3.63) is 109 Å². The van der Waals surface area contributed by atoms with Gasteiger partial charge in [0.05, 0.1) is 11.4 Å². The third-order valence-electron chi connectivity index (χ3n) is 6.97. The molecule has 0 saturated heterocycles. The Kier molecular flexibility index (Phi) is 4.36. The maximum absolute atomic E-state index is 4.56. The van der Waals surface area contributed by atoms with Crippen LogP contribution in [0.4, 0.5) is 0 Å². The SMILES string of the molecule is c1ccc(-c2ccc3c(c2)Sc2cccc4c2c-3cc2sc3cc(-c5ccccn5)ccc3c24)nc1. The zero-order valence-corrected chi connectivity index (χ0v) is 20.7. The molecule has 4 aromatic carbocycles. The Hall–Kier alpha value is -3.99. The molecule has 1 aliphatic rings. The molecule has 36 heavy (non-hydrogen) atoms. The number of rotatable bonds is 2. The molecular formula is C32H18N2S2. The van der Waals surface area contributed by atoms with E-state index in [1.807, 2.05) is 59.8 Å². The molecule has 0 spiro atoms. The largest absolute Gasteiger partial charge is 0.256 e. The molecular weight excluding hydrogens is 477 g/mol. The van der Waals surface area contributed by atoms with Gasteiger partial charge in [-0.1, -0.05) is 60.3 Å². The Bertz CT molecular complexity index is 1960. The lowest BCUT2D eigenvalue weighted by Crippen LogP contribution is -1.94. The fourth-order valence-corrected chi connectivity index (χ4v) is 7.73. The first-order valence-corrected chi connectivity index (χ1v) is 13.5. The van der Waals surface area contributed by atoms with Crippen LogP contribution in [0.1, 0.15) is 0 Å². The van der Waals surface area contributed by atoms with E-state index in [4.69, 9.17) is 0 Å². The molecule has 4 heterocycles. The summed E-state index contributed by atoms with van der Waals surface area (Å²) >= 11 is 3.74. The van der Waals surface area contributed by atoms with Gasteiger partial charge in [-0.3, -0.25) is 9.97 Å². The molecule has 8 rings (SSSR count). The van der Waals surface area contributed by atoms with Gasteiger partial charge in [0, 0.05) is 58.9 Å². The van der Waals surface area contributed by atoms with Crippen molar-refractivity contribution >= 4 is 54.0 Å². The second kappa shape index (κ2) is 7.76. The van der Waals surface area contributed by atoms with Crippen LogP contribution in [0.3, 0.4) is 0 Å². The molecule has 1 aliphatic heterocycles. The number of thiophene rings is 1.